The molecular formula is C9H19O4Si. The van der Waals surface area contributed by atoms with Crippen LogP contribution in [-0.2, 0) is 18.3 Å². The molecular weight excluding hydrogens is 200 g/mol. The van der Waals surface area contributed by atoms with E-state index in [1.165, 1.54) is 0 Å². The number of epoxide rings is 1. The minimum Gasteiger partial charge on any atom is -0.395 e. The van der Waals surface area contributed by atoms with Crippen molar-refractivity contribution in [1.29, 1.82) is 0 Å². The molecule has 0 aromatic rings. The molecule has 14 heavy (non-hydrogen) atoms. The van der Waals surface area contributed by atoms with Gasteiger partial charge in [-0.2, -0.15) is 0 Å². The molecule has 0 amide bonds. The van der Waals surface area contributed by atoms with E-state index in [-0.39, 0.29) is 5.73 Å². The number of ether oxygens (including phenoxy) is 2. The van der Waals surface area contributed by atoms with Crippen molar-refractivity contribution in [3.05, 3.63) is 0 Å². The van der Waals surface area contributed by atoms with Crippen LogP contribution in [-0.4, -0.2) is 48.5 Å². The van der Waals surface area contributed by atoms with Crippen molar-refractivity contribution in [3.8, 4) is 0 Å². The van der Waals surface area contributed by atoms with Gasteiger partial charge in [-0.1, -0.05) is 13.3 Å². The van der Waals surface area contributed by atoms with Crippen molar-refractivity contribution in [2.24, 2.45) is 0 Å². The molecule has 0 spiro atoms. The molecule has 2 unspecified atom stereocenters. The average Bonchev–Trinajstić information content (AvgIpc) is 2.99. The summed E-state index contributed by atoms with van der Waals surface area (Å²) in [5.41, 5.74) is 0.115. The Hall–Kier alpha value is 0.0569. The Kier molecular flexibility index (Phi) is 5.65. The minimum atomic E-state index is -1.27. The van der Waals surface area contributed by atoms with Crippen molar-refractivity contribution in [3.63, 3.8) is 0 Å². The lowest BCUT2D eigenvalue weighted by Gasteiger charge is -2.20. The molecule has 1 saturated heterocycles. The van der Waals surface area contributed by atoms with Crippen molar-refractivity contribution in [2.75, 3.05) is 27.4 Å². The van der Waals surface area contributed by atoms with E-state index >= 15 is 0 Å². The van der Waals surface area contributed by atoms with E-state index in [1.54, 1.807) is 14.2 Å². The van der Waals surface area contributed by atoms with Crippen LogP contribution >= 0.6 is 0 Å². The number of hydrogen-bond acceptors (Lipinski definition) is 4. The molecule has 83 valence electrons. The summed E-state index contributed by atoms with van der Waals surface area (Å²) >= 11 is 0. The Morgan fingerprint density at radius 2 is 2.07 bits per heavy atom. The Morgan fingerprint density at radius 3 is 2.50 bits per heavy atom. The molecule has 1 fully saturated rings. The molecule has 0 aliphatic carbocycles. The topological polar surface area (TPSA) is 40.2 Å². The highest BCUT2D eigenvalue weighted by atomic mass is 28.3. The van der Waals surface area contributed by atoms with E-state index in [2.05, 4.69) is 6.92 Å². The van der Waals surface area contributed by atoms with Crippen LogP contribution in [0.1, 0.15) is 19.8 Å². The molecule has 0 saturated carbocycles. The number of hydrogen-bond donors (Lipinski definition) is 0. The molecule has 0 aromatic heterocycles. The van der Waals surface area contributed by atoms with Gasteiger partial charge in [-0.25, -0.2) is 0 Å². The molecule has 0 N–H and O–H groups in total. The Balaban J connectivity index is 2.26. The van der Waals surface area contributed by atoms with Gasteiger partial charge in [0.25, 0.3) is 0 Å². The average molecular weight is 219 g/mol. The first-order chi connectivity index (χ1) is 6.81. The van der Waals surface area contributed by atoms with Gasteiger partial charge in [-0.15, -0.1) is 0 Å². The third-order valence-electron chi connectivity index (χ3n) is 2.10. The molecule has 5 heteroatoms. The fraction of sp³-hybridized carbons (Fsp3) is 1.00. The molecule has 1 radical (unpaired) electrons. The largest absolute Gasteiger partial charge is 0.416 e. The van der Waals surface area contributed by atoms with Gasteiger partial charge in [0.15, 0.2) is 0 Å². The first-order valence-electron chi connectivity index (χ1n) is 4.99. The van der Waals surface area contributed by atoms with Crippen LogP contribution in [0.15, 0.2) is 0 Å². The van der Waals surface area contributed by atoms with E-state index in [4.69, 9.17) is 18.3 Å². The van der Waals surface area contributed by atoms with Gasteiger partial charge >= 0.3 is 9.28 Å². The molecule has 4 nitrogen and oxygen atoms in total. The fourth-order valence-corrected chi connectivity index (χ4v) is 2.71. The Labute approximate surface area is 87.3 Å². The smallest absolute Gasteiger partial charge is 0.395 e. The normalized spacial score (nSPS) is 22.7. The van der Waals surface area contributed by atoms with Crippen molar-refractivity contribution in [2.45, 2.75) is 31.6 Å². The Morgan fingerprint density at radius 1 is 1.43 bits per heavy atom. The van der Waals surface area contributed by atoms with Crippen LogP contribution in [0.2, 0.25) is 0 Å². The monoisotopic (exact) mass is 219 g/mol. The van der Waals surface area contributed by atoms with Crippen LogP contribution in [0, 0.1) is 0 Å². The van der Waals surface area contributed by atoms with E-state index in [0.29, 0.717) is 12.7 Å². The lowest BCUT2D eigenvalue weighted by atomic mass is 10.3. The van der Waals surface area contributed by atoms with E-state index in [0.717, 1.165) is 19.4 Å². The predicted octanol–water partition coefficient (Wildman–Crippen LogP) is 0.891. The molecule has 0 aromatic carbocycles. The summed E-state index contributed by atoms with van der Waals surface area (Å²) in [6.45, 7) is 3.64. The maximum absolute atomic E-state index is 5.72. The maximum atomic E-state index is 5.72. The van der Waals surface area contributed by atoms with Gasteiger partial charge in [-0.3, -0.25) is 0 Å². The minimum absolute atomic E-state index is 0.115. The fourth-order valence-electron chi connectivity index (χ4n) is 1.27. The second-order valence-electron chi connectivity index (χ2n) is 3.29. The zero-order valence-corrected chi connectivity index (χ0v) is 10.1. The van der Waals surface area contributed by atoms with Crippen LogP contribution in [0.4, 0.5) is 0 Å². The van der Waals surface area contributed by atoms with Crippen LogP contribution in [0.25, 0.3) is 0 Å². The highest BCUT2D eigenvalue weighted by molar-refractivity contribution is 6.45. The summed E-state index contributed by atoms with van der Waals surface area (Å²) in [4.78, 5) is 0. The van der Waals surface area contributed by atoms with E-state index < -0.39 is 9.28 Å². The zero-order valence-electron chi connectivity index (χ0n) is 9.12. The summed E-state index contributed by atoms with van der Waals surface area (Å²) in [6, 6.07) is 0. The third kappa shape index (κ3) is 4.06. The maximum Gasteiger partial charge on any atom is 0.416 e. The second-order valence-corrected chi connectivity index (χ2v) is 5.39. The van der Waals surface area contributed by atoms with E-state index in [9.17, 15) is 0 Å². The summed E-state index contributed by atoms with van der Waals surface area (Å²) in [5, 5.41) is 0. The molecule has 1 aliphatic rings. The summed E-state index contributed by atoms with van der Waals surface area (Å²) in [7, 11) is 2.09. The predicted molar refractivity (Wildman–Crippen MR) is 54.2 cm³/mol. The second kappa shape index (κ2) is 6.52. The quantitative estimate of drug-likeness (QED) is 0.449. The van der Waals surface area contributed by atoms with Gasteiger partial charge < -0.3 is 18.3 Å². The van der Waals surface area contributed by atoms with Crippen molar-refractivity contribution >= 4 is 9.28 Å². The van der Waals surface area contributed by atoms with Crippen LogP contribution in [0.3, 0.4) is 0 Å². The summed E-state index contributed by atoms with van der Waals surface area (Å²) in [5.74, 6) is 0. The molecule has 1 heterocycles. The SMILES string of the molecule is CCCC(OCC1CO1)[Si](OC)OC. The third-order valence-corrected chi connectivity index (χ3v) is 3.89. The zero-order chi connectivity index (χ0) is 10.4. The van der Waals surface area contributed by atoms with Crippen molar-refractivity contribution in [1.82, 2.24) is 0 Å². The summed E-state index contributed by atoms with van der Waals surface area (Å²) in [6.07, 6.45) is 2.38. The lowest BCUT2D eigenvalue weighted by Crippen LogP contribution is -2.38. The molecule has 2 atom stereocenters. The van der Waals surface area contributed by atoms with E-state index in [1.807, 2.05) is 0 Å². The van der Waals surface area contributed by atoms with Gasteiger partial charge in [0.2, 0.25) is 0 Å². The summed E-state index contributed by atoms with van der Waals surface area (Å²) < 4.78 is 21.4. The van der Waals surface area contributed by atoms with Gasteiger partial charge in [0, 0.05) is 14.2 Å². The van der Waals surface area contributed by atoms with Gasteiger partial charge in [0.1, 0.15) is 11.8 Å². The lowest BCUT2D eigenvalue weighted by molar-refractivity contribution is 0.0546. The molecule has 0 bridgehead atoms. The number of rotatable bonds is 8. The van der Waals surface area contributed by atoms with Gasteiger partial charge in [0.05, 0.1) is 13.2 Å². The first-order valence-corrected chi connectivity index (χ1v) is 6.39. The standard InChI is InChI=1S/C9H19O4Si/c1-4-5-9(14(10-2)11-3)13-7-8-6-12-8/h8-9H,4-7H2,1-3H3. The Bertz CT molecular complexity index is 148. The van der Waals surface area contributed by atoms with Gasteiger partial charge in [-0.05, 0) is 6.42 Å². The first kappa shape index (κ1) is 12.1. The molecule has 1 rings (SSSR count). The highest BCUT2D eigenvalue weighted by Gasteiger charge is 2.30. The molecule has 1 aliphatic heterocycles. The van der Waals surface area contributed by atoms with Crippen molar-refractivity contribution < 1.29 is 18.3 Å². The highest BCUT2D eigenvalue weighted by Crippen LogP contribution is 2.14. The van der Waals surface area contributed by atoms with Crippen LogP contribution < -0.4 is 0 Å². The van der Waals surface area contributed by atoms with Crippen LogP contribution in [0.5, 0.6) is 0 Å².